The van der Waals surface area contributed by atoms with Crippen molar-refractivity contribution in [2.75, 3.05) is 19.8 Å². The quantitative estimate of drug-likeness (QED) is 0.867. The van der Waals surface area contributed by atoms with Crippen LogP contribution in [0.1, 0.15) is 37.8 Å². The molecule has 0 radical (unpaired) electrons. The van der Waals surface area contributed by atoms with Crippen LogP contribution in [0.3, 0.4) is 0 Å². The van der Waals surface area contributed by atoms with Crippen molar-refractivity contribution in [2.24, 2.45) is 5.92 Å². The van der Waals surface area contributed by atoms with E-state index < -0.39 is 0 Å². The first-order chi connectivity index (χ1) is 8.81. The van der Waals surface area contributed by atoms with Crippen molar-refractivity contribution < 1.29 is 9.13 Å². The Morgan fingerprint density at radius 2 is 1.94 bits per heavy atom. The largest absolute Gasteiger partial charge is 0.381 e. The van der Waals surface area contributed by atoms with E-state index >= 15 is 0 Å². The van der Waals surface area contributed by atoms with E-state index in [1.807, 2.05) is 12.1 Å². The molecule has 100 valence electrons. The molecule has 1 N–H and O–H groups in total. The van der Waals surface area contributed by atoms with Crippen molar-refractivity contribution in [3.8, 4) is 0 Å². The van der Waals surface area contributed by atoms with Gasteiger partial charge in [-0.05, 0) is 49.4 Å². The van der Waals surface area contributed by atoms with Gasteiger partial charge in [-0.1, -0.05) is 19.1 Å². The van der Waals surface area contributed by atoms with Crippen LogP contribution in [0.5, 0.6) is 0 Å². The third kappa shape index (κ3) is 3.53. The number of rotatable bonds is 5. The van der Waals surface area contributed by atoms with Crippen LogP contribution in [-0.4, -0.2) is 19.8 Å². The molecule has 1 heterocycles. The molecular formula is C15H22FNO. The van der Waals surface area contributed by atoms with Crippen molar-refractivity contribution in [3.63, 3.8) is 0 Å². The predicted octanol–water partition coefficient (Wildman–Crippen LogP) is 3.29. The number of benzene rings is 1. The van der Waals surface area contributed by atoms with Gasteiger partial charge in [-0.2, -0.15) is 0 Å². The number of nitrogens with one attached hydrogen (secondary N) is 1. The Labute approximate surface area is 109 Å². The van der Waals surface area contributed by atoms with Gasteiger partial charge in [0.15, 0.2) is 0 Å². The van der Waals surface area contributed by atoms with E-state index in [4.69, 9.17) is 4.74 Å². The van der Waals surface area contributed by atoms with Crippen molar-refractivity contribution in [2.45, 2.75) is 32.2 Å². The summed E-state index contributed by atoms with van der Waals surface area (Å²) >= 11 is 0. The van der Waals surface area contributed by atoms with Gasteiger partial charge in [0.05, 0.1) is 0 Å². The molecule has 1 saturated heterocycles. The molecule has 0 spiro atoms. The third-order valence-corrected chi connectivity index (χ3v) is 3.58. The molecule has 1 atom stereocenters. The van der Waals surface area contributed by atoms with Crippen molar-refractivity contribution in [1.82, 2.24) is 5.32 Å². The fourth-order valence-corrected chi connectivity index (χ4v) is 2.58. The fourth-order valence-electron chi connectivity index (χ4n) is 2.58. The molecule has 1 aromatic carbocycles. The molecule has 0 amide bonds. The first-order valence-corrected chi connectivity index (χ1v) is 6.88. The number of ether oxygens (including phenoxy) is 1. The molecule has 1 aliphatic rings. The van der Waals surface area contributed by atoms with Gasteiger partial charge in [0.25, 0.3) is 0 Å². The van der Waals surface area contributed by atoms with Crippen LogP contribution in [0.2, 0.25) is 0 Å². The number of hydrogen-bond donors (Lipinski definition) is 1. The Hall–Kier alpha value is -0.930. The summed E-state index contributed by atoms with van der Waals surface area (Å²) in [4.78, 5) is 0. The standard InChI is InChI=1S/C15H22FNO/c1-2-9-17-15(13-7-10-18-11-8-13)12-3-5-14(16)6-4-12/h3-6,13,15,17H,2,7-11H2,1H3. The topological polar surface area (TPSA) is 21.3 Å². The predicted molar refractivity (Wildman–Crippen MR) is 71.0 cm³/mol. The molecule has 1 aliphatic heterocycles. The minimum Gasteiger partial charge on any atom is -0.381 e. The Morgan fingerprint density at radius 3 is 2.56 bits per heavy atom. The van der Waals surface area contributed by atoms with Gasteiger partial charge in [0.2, 0.25) is 0 Å². The van der Waals surface area contributed by atoms with Crippen LogP contribution in [0.4, 0.5) is 4.39 Å². The highest BCUT2D eigenvalue weighted by atomic mass is 19.1. The van der Waals surface area contributed by atoms with Crippen LogP contribution in [0.25, 0.3) is 0 Å². The SMILES string of the molecule is CCCNC(c1ccc(F)cc1)C1CCOCC1. The molecule has 1 unspecified atom stereocenters. The maximum atomic E-state index is 13.0. The van der Waals surface area contributed by atoms with Gasteiger partial charge in [0, 0.05) is 19.3 Å². The second-order valence-corrected chi connectivity index (χ2v) is 4.93. The minimum absolute atomic E-state index is 0.167. The Balaban J connectivity index is 2.10. The lowest BCUT2D eigenvalue weighted by Crippen LogP contribution is -2.32. The summed E-state index contributed by atoms with van der Waals surface area (Å²) in [7, 11) is 0. The molecule has 18 heavy (non-hydrogen) atoms. The molecule has 0 aliphatic carbocycles. The maximum Gasteiger partial charge on any atom is 0.123 e. The van der Waals surface area contributed by atoms with Gasteiger partial charge >= 0.3 is 0 Å². The normalized spacial score (nSPS) is 18.8. The second-order valence-electron chi connectivity index (χ2n) is 4.93. The first-order valence-electron chi connectivity index (χ1n) is 6.88. The average Bonchev–Trinajstić information content (AvgIpc) is 2.42. The number of halogens is 1. The highest BCUT2D eigenvalue weighted by Crippen LogP contribution is 2.30. The van der Waals surface area contributed by atoms with E-state index in [2.05, 4.69) is 12.2 Å². The molecule has 1 fully saturated rings. The van der Waals surface area contributed by atoms with Crippen molar-refractivity contribution >= 4 is 0 Å². The smallest absolute Gasteiger partial charge is 0.123 e. The summed E-state index contributed by atoms with van der Waals surface area (Å²) in [5, 5.41) is 3.60. The Morgan fingerprint density at radius 1 is 1.28 bits per heavy atom. The van der Waals surface area contributed by atoms with E-state index in [9.17, 15) is 4.39 Å². The van der Waals surface area contributed by atoms with Crippen LogP contribution in [0, 0.1) is 11.7 Å². The second kappa shape index (κ2) is 6.86. The van der Waals surface area contributed by atoms with Crippen LogP contribution in [-0.2, 0) is 4.74 Å². The molecule has 0 saturated carbocycles. The minimum atomic E-state index is -0.167. The van der Waals surface area contributed by atoms with E-state index in [0.29, 0.717) is 12.0 Å². The van der Waals surface area contributed by atoms with Crippen LogP contribution >= 0.6 is 0 Å². The lowest BCUT2D eigenvalue weighted by atomic mass is 9.87. The van der Waals surface area contributed by atoms with Crippen molar-refractivity contribution in [3.05, 3.63) is 35.6 Å². The van der Waals surface area contributed by atoms with Crippen molar-refractivity contribution in [1.29, 1.82) is 0 Å². The molecule has 3 heteroatoms. The molecule has 2 rings (SSSR count). The number of hydrogen-bond acceptors (Lipinski definition) is 2. The zero-order valence-corrected chi connectivity index (χ0v) is 11.0. The highest BCUT2D eigenvalue weighted by Gasteiger charge is 2.24. The van der Waals surface area contributed by atoms with E-state index in [-0.39, 0.29) is 5.82 Å². The fraction of sp³-hybridized carbons (Fsp3) is 0.600. The zero-order valence-electron chi connectivity index (χ0n) is 11.0. The molecule has 0 aromatic heterocycles. The lowest BCUT2D eigenvalue weighted by Gasteiger charge is -2.31. The summed E-state index contributed by atoms with van der Waals surface area (Å²) in [5.41, 5.74) is 1.19. The molecular weight excluding hydrogens is 229 g/mol. The average molecular weight is 251 g/mol. The summed E-state index contributed by atoms with van der Waals surface area (Å²) in [6, 6.07) is 7.23. The van der Waals surface area contributed by atoms with E-state index in [0.717, 1.165) is 39.0 Å². The van der Waals surface area contributed by atoms with Gasteiger partial charge < -0.3 is 10.1 Å². The zero-order chi connectivity index (χ0) is 12.8. The maximum absolute atomic E-state index is 13.0. The summed E-state index contributed by atoms with van der Waals surface area (Å²) in [6.07, 6.45) is 3.28. The van der Waals surface area contributed by atoms with Gasteiger partial charge in [0.1, 0.15) is 5.82 Å². The van der Waals surface area contributed by atoms with E-state index in [1.54, 1.807) is 12.1 Å². The highest BCUT2D eigenvalue weighted by molar-refractivity contribution is 5.20. The van der Waals surface area contributed by atoms with E-state index in [1.165, 1.54) is 5.56 Å². The van der Waals surface area contributed by atoms with Gasteiger partial charge in [-0.3, -0.25) is 0 Å². The molecule has 1 aromatic rings. The lowest BCUT2D eigenvalue weighted by molar-refractivity contribution is 0.0536. The monoisotopic (exact) mass is 251 g/mol. The molecule has 0 bridgehead atoms. The van der Waals surface area contributed by atoms with Crippen LogP contribution < -0.4 is 5.32 Å². The van der Waals surface area contributed by atoms with Crippen LogP contribution in [0.15, 0.2) is 24.3 Å². The first kappa shape index (κ1) is 13.5. The summed E-state index contributed by atoms with van der Waals surface area (Å²) in [6.45, 7) is 4.85. The summed E-state index contributed by atoms with van der Waals surface area (Å²) < 4.78 is 18.4. The van der Waals surface area contributed by atoms with Gasteiger partial charge in [-0.25, -0.2) is 4.39 Å². The molecule has 2 nitrogen and oxygen atoms in total. The third-order valence-electron chi connectivity index (χ3n) is 3.58. The van der Waals surface area contributed by atoms with Gasteiger partial charge in [-0.15, -0.1) is 0 Å². The Bertz CT molecular complexity index is 346. The summed E-state index contributed by atoms with van der Waals surface area (Å²) in [5.74, 6) is 0.427. The Kier molecular flexibility index (Phi) is 5.14.